The lowest BCUT2D eigenvalue weighted by Crippen LogP contribution is -2.45. The number of carbonyl (C=O) groups is 2. The molecule has 0 aromatic heterocycles. The number of benzene rings is 2. The summed E-state index contributed by atoms with van der Waals surface area (Å²) >= 11 is 0. The van der Waals surface area contributed by atoms with E-state index in [0.717, 1.165) is 5.56 Å². The second kappa shape index (κ2) is 9.93. The lowest BCUT2D eigenvalue weighted by molar-refractivity contribution is -0.126. The average Bonchev–Trinajstić information content (AvgIpc) is 2.77. The fourth-order valence-corrected chi connectivity index (χ4v) is 5.14. The molecule has 2 aromatic carbocycles. The Balaban J connectivity index is 1.64. The third-order valence-electron chi connectivity index (χ3n) is 5.21. The normalized spacial score (nSPS) is 17.0. The van der Waals surface area contributed by atoms with Gasteiger partial charge in [0.2, 0.25) is 21.8 Å². The van der Waals surface area contributed by atoms with Crippen LogP contribution in [0.15, 0.2) is 53.4 Å². The van der Waals surface area contributed by atoms with Crippen molar-refractivity contribution in [2.45, 2.75) is 31.2 Å². The molecule has 0 radical (unpaired) electrons. The molecule has 1 atom stereocenters. The number of methoxy groups -OCH3 is 1. The quantitative estimate of drug-likeness (QED) is 0.681. The zero-order valence-corrected chi connectivity index (χ0v) is 18.4. The second-order valence-electron chi connectivity index (χ2n) is 7.44. The second-order valence-corrected chi connectivity index (χ2v) is 9.38. The van der Waals surface area contributed by atoms with Crippen molar-refractivity contribution < 1.29 is 22.7 Å². The number of nitrogens with one attached hydrogen (secondary N) is 2. The molecule has 1 heterocycles. The molecule has 9 heteroatoms. The molecule has 0 aliphatic carbocycles. The van der Waals surface area contributed by atoms with Gasteiger partial charge >= 0.3 is 0 Å². The molecule has 1 fully saturated rings. The van der Waals surface area contributed by atoms with Gasteiger partial charge in [0.15, 0.2) is 0 Å². The Morgan fingerprint density at radius 2 is 1.84 bits per heavy atom. The van der Waals surface area contributed by atoms with Crippen molar-refractivity contribution in [1.29, 1.82) is 0 Å². The number of nitrogens with zero attached hydrogens (tertiary/aromatic N) is 1. The number of piperidine rings is 1. The van der Waals surface area contributed by atoms with E-state index in [1.54, 1.807) is 19.2 Å². The molecule has 0 bridgehead atoms. The van der Waals surface area contributed by atoms with Crippen molar-refractivity contribution in [2.24, 2.45) is 5.92 Å². The minimum atomic E-state index is -3.73. The van der Waals surface area contributed by atoms with Crippen molar-refractivity contribution in [2.75, 3.05) is 25.5 Å². The van der Waals surface area contributed by atoms with Crippen LogP contribution in [0.25, 0.3) is 0 Å². The number of hydrogen-bond acceptors (Lipinski definition) is 5. The maximum atomic E-state index is 13.0. The summed E-state index contributed by atoms with van der Waals surface area (Å²) in [6, 6.07) is 13.5. The first-order valence-corrected chi connectivity index (χ1v) is 11.5. The monoisotopic (exact) mass is 445 g/mol. The standard InChI is InChI=1S/C22H27N3O5S/c1-16(26)24-19-9-11-20(12-10-19)31(28,29)25-13-5-7-18(15-25)22(27)23-14-17-6-3-4-8-21(17)30-2/h3-4,6,8-12,18H,5,7,13-15H2,1-2H3,(H,23,27)(H,24,26)/t18-/m1/s1. The molecular weight excluding hydrogens is 418 g/mol. The smallest absolute Gasteiger partial charge is 0.243 e. The van der Waals surface area contributed by atoms with Crippen molar-refractivity contribution >= 4 is 27.5 Å². The van der Waals surface area contributed by atoms with Crippen LogP contribution in [0.1, 0.15) is 25.3 Å². The molecule has 1 aliphatic heterocycles. The molecule has 0 saturated carbocycles. The molecule has 8 nitrogen and oxygen atoms in total. The molecule has 2 N–H and O–H groups in total. The summed E-state index contributed by atoms with van der Waals surface area (Å²) in [5.41, 5.74) is 1.39. The fraction of sp³-hybridized carbons (Fsp3) is 0.364. The Bertz CT molecular complexity index is 1040. The van der Waals surface area contributed by atoms with Gasteiger partial charge in [0.25, 0.3) is 0 Å². The van der Waals surface area contributed by atoms with Crippen LogP contribution in [0.4, 0.5) is 5.69 Å². The number of ether oxygens (including phenoxy) is 1. The molecule has 0 unspecified atom stereocenters. The Hall–Kier alpha value is -2.91. The minimum Gasteiger partial charge on any atom is -0.496 e. The third kappa shape index (κ3) is 5.62. The van der Waals surface area contributed by atoms with Crippen molar-refractivity contribution in [1.82, 2.24) is 9.62 Å². The van der Waals surface area contributed by atoms with Crippen LogP contribution < -0.4 is 15.4 Å². The number of rotatable bonds is 7. The first-order chi connectivity index (χ1) is 14.8. The highest BCUT2D eigenvalue weighted by atomic mass is 32.2. The van der Waals surface area contributed by atoms with Gasteiger partial charge in [0.05, 0.1) is 17.9 Å². The lowest BCUT2D eigenvalue weighted by atomic mass is 9.98. The van der Waals surface area contributed by atoms with E-state index in [0.29, 0.717) is 37.4 Å². The third-order valence-corrected chi connectivity index (χ3v) is 7.09. The van der Waals surface area contributed by atoms with Crippen molar-refractivity contribution in [3.05, 3.63) is 54.1 Å². The van der Waals surface area contributed by atoms with Crippen LogP contribution in [0, 0.1) is 5.92 Å². The Morgan fingerprint density at radius 1 is 1.13 bits per heavy atom. The minimum absolute atomic E-state index is 0.132. The summed E-state index contributed by atoms with van der Waals surface area (Å²) in [6.07, 6.45) is 1.24. The van der Waals surface area contributed by atoms with Crippen molar-refractivity contribution in [3.8, 4) is 5.75 Å². The predicted octanol–water partition coefficient (Wildman–Crippen LogP) is 2.37. The number of para-hydroxylation sites is 1. The number of sulfonamides is 1. The van der Waals surface area contributed by atoms with Crippen LogP contribution in [0.3, 0.4) is 0 Å². The number of hydrogen-bond donors (Lipinski definition) is 2. The van der Waals surface area contributed by atoms with Gasteiger partial charge in [-0.3, -0.25) is 9.59 Å². The van der Waals surface area contributed by atoms with Crippen LogP contribution in [0.2, 0.25) is 0 Å². The molecular formula is C22H27N3O5S. The molecule has 31 heavy (non-hydrogen) atoms. The molecule has 1 aliphatic rings. The highest BCUT2D eigenvalue weighted by molar-refractivity contribution is 7.89. The maximum absolute atomic E-state index is 13.0. The van der Waals surface area contributed by atoms with Gasteiger partial charge in [0, 0.05) is 37.8 Å². The molecule has 2 amide bonds. The molecule has 3 rings (SSSR count). The topological polar surface area (TPSA) is 105 Å². The largest absolute Gasteiger partial charge is 0.496 e. The Morgan fingerprint density at radius 3 is 2.52 bits per heavy atom. The zero-order chi connectivity index (χ0) is 22.4. The van der Waals surface area contributed by atoms with Crippen LogP contribution in [-0.4, -0.2) is 44.7 Å². The van der Waals surface area contributed by atoms with Gasteiger partial charge in [-0.25, -0.2) is 8.42 Å². The lowest BCUT2D eigenvalue weighted by Gasteiger charge is -2.31. The van der Waals surface area contributed by atoms with E-state index in [1.165, 1.54) is 23.4 Å². The zero-order valence-electron chi connectivity index (χ0n) is 17.6. The van der Waals surface area contributed by atoms with E-state index < -0.39 is 15.9 Å². The molecule has 166 valence electrons. The first-order valence-electron chi connectivity index (χ1n) is 10.1. The maximum Gasteiger partial charge on any atom is 0.243 e. The molecule has 1 saturated heterocycles. The molecule has 2 aromatic rings. The summed E-state index contributed by atoms with van der Waals surface area (Å²) in [6.45, 7) is 2.20. The van der Waals surface area contributed by atoms with Crippen molar-refractivity contribution in [3.63, 3.8) is 0 Å². The number of amides is 2. The van der Waals surface area contributed by atoms with E-state index >= 15 is 0 Å². The van der Waals surface area contributed by atoms with Gasteiger partial charge in [-0.2, -0.15) is 4.31 Å². The highest BCUT2D eigenvalue weighted by Crippen LogP contribution is 2.25. The molecule has 0 spiro atoms. The predicted molar refractivity (Wildman–Crippen MR) is 117 cm³/mol. The summed E-state index contributed by atoms with van der Waals surface area (Å²) < 4.78 is 32.7. The summed E-state index contributed by atoms with van der Waals surface area (Å²) in [7, 11) is -2.15. The van der Waals surface area contributed by atoms with Gasteiger partial charge in [-0.1, -0.05) is 18.2 Å². The van der Waals surface area contributed by atoms with Gasteiger partial charge in [0.1, 0.15) is 5.75 Å². The fourth-order valence-electron chi connectivity index (χ4n) is 3.61. The Kier molecular flexibility index (Phi) is 7.29. The summed E-state index contributed by atoms with van der Waals surface area (Å²) in [4.78, 5) is 24.0. The van der Waals surface area contributed by atoms with Crippen LogP contribution in [0.5, 0.6) is 5.75 Å². The summed E-state index contributed by atoms with van der Waals surface area (Å²) in [5.74, 6) is -0.129. The average molecular weight is 446 g/mol. The van der Waals surface area contributed by atoms with E-state index in [1.807, 2.05) is 24.3 Å². The van der Waals surface area contributed by atoms with E-state index in [-0.39, 0.29) is 23.3 Å². The van der Waals surface area contributed by atoms with Crippen LogP contribution >= 0.6 is 0 Å². The summed E-state index contributed by atoms with van der Waals surface area (Å²) in [5, 5.41) is 5.51. The van der Waals surface area contributed by atoms with E-state index in [2.05, 4.69) is 10.6 Å². The van der Waals surface area contributed by atoms with Crippen LogP contribution in [-0.2, 0) is 26.2 Å². The number of carbonyl (C=O) groups excluding carboxylic acids is 2. The Labute approximate surface area is 182 Å². The number of anilines is 1. The van der Waals surface area contributed by atoms with E-state index in [4.69, 9.17) is 4.74 Å². The highest BCUT2D eigenvalue weighted by Gasteiger charge is 2.33. The van der Waals surface area contributed by atoms with E-state index in [9.17, 15) is 18.0 Å². The SMILES string of the molecule is COc1ccccc1CNC(=O)[C@@H]1CCCN(S(=O)(=O)c2ccc(NC(C)=O)cc2)C1. The van der Waals surface area contributed by atoms with Gasteiger partial charge in [-0.15, -0.1) is 0 Å². The van der Waals surface area contributed by atoms with Gasteiger partial charge in [-0.05, 0) is 43.2 Å². The first kappa shape index (κ1) is 22.8. The van der Waals surface area contributed by atoms with Gasteiger partial charge < -0.3 is 15.4 Å².